The number of benzene rings is 2. The molecular formula is C22H24N4O5. The Morgan fingerprint density at radius 1 is 1.06 bits per heavy atom. The van der Waals surface area contributed by atoms with Crippen molar-refractivity contribution >= 4 is 34.7 Å². The largest absolute Gasteiger partial charge is 0.320 e. The van der Waals surface area contributed by atoms with Gasteiger partial charge in [-0.05, 0) is 24.6 Å². The van der Waals surface area contributed by atoms with Crippen LogP contribution in [0.25, 0.3) is 0 Å². The molecule has 2 aromatic rings. The number of nitrogens with zero attached hydrogens (tertiary/aromatic N) is 2. The van der Waals surface area contributed by atoms with Gasteiger partial charge in [0.15, 0.2) is 0 Å². The lowest BCUT2D eigenvalue weighted by atomic mass is 9.87. The fourth-order valence-corrected chi connectivity index (χ4v) is 2.41. The van der Waals surface area contributed by atoms with Crippen LogP contribution in [-0.2, 0) is 9.59 Å². The minimum Gasteiger partial charge on any atom is -0.320 e. The summed E-state index contributed by atoms with van der Waals surface area (Å²) in [5.74, 6) is -1.54. The average Bonchev–Trinajstić information content (AvgIpc) is 2.71. The third kappa shape index (κ3) is 6.56. The number of hydrogen-bond donors (Lipinski definition) is 2. The van der Waals surface area contributed by atoms with Gasteiger partial charge in [-0.15, -0.1) is 0 Å². The monoisotopic (exact) mass is 424 g/mol. The first-order chi connectivity index (χ1) is 14.5. The van der Waals surface area contributed by atoms with Gasteiger partial charge in [-0.2, -0.15) is 5.10 Å². The van der Waals surface area contributed by atoms with Crippen molar-refractivity contribution in [3.05, 3.63) is 69.8 Å². The zero-order chi connectivity index (χ0) is 23.2. The Morgan fingerprint density at radius 3 is 2.29 bits per heavy atom. The number of nitrogens with one attached hydrogen (secondary N) is 2. The van der Waals surface area contributed by atoms with E-state index in [1.807, 2.05) is 0 Å². The van der Waals surface area contributed by atoms with E-state index in [4.69, 9.17) is 0 Å². The highest BCUT2D eigenvalue weighted by Gasteiger charge is 2.26. The minimum atomic E-state index is -0.741. The molecule has 0 bridgehead atoms. The fourth-order valence-electron chi connectivity index (χ4n) is 2.41. The van der Waals surface area contributed by atoms with Crippen LogP contribution in [0.2, 0.25) is 0 Å². The molecule has 0 heterocycles. The van der Waals surface area contributed by atoms with Crippen molar-refractivity contribution < 1.29 is 19.3 Å². The van der Waals surface area contributed by atoms with E-state index in [9.17, 15) is 24.5 Å². The number of anilines is 1. The predicted molar refractivity (Wildman–Crippen MR) is 117 cm³/mol. The molecule has 0 saturated carbocycles. The van der Waals surface area contributed by atoms with Gasteiger partial charge in [-0.25, -0.2) is 5.43 Å². The van der Waals surface area contributed by atoms with Gasteiger partial charge in [0.05, 0.1) is 17.0 Å². The van der Waals surface area contributed by atoms with Gasteiger partial charge in [-0.3, -0.25) is 24.5 Å². The van der Waals surface area contributed by atoms with Crippen LogP contribution in [0.1, 0.15) is 43.1 Å². The Bertz CT molecular complexity index is 1040. The Labute approximate surface area is 179 Å². The number of nitro groups is 1. The normalized spacial score (nSPS) is 11.5. The maximum Gasteiger partial charge on any atom is 0.272 e. The highest BCUT2D eigenvalue weighted by molar-refractivity contribution is 6.46. The number of aryl methyl sites for hydroxylation is 1. The molecule has 0 aliphatic heterocycles. The molecule has 2 amide bonds. The van der Waals surface area contributed by atoms with Crippen molar-refractivity contribution in [2.75, 3.05) is 5.32 Å². The van der Waals surface area contributed by atoms with Crippen molar-refractivity contribution in [2.45, 2.75) is 34.1 Å². The van der Waals surface area contributed by atoms with Crippen LogP contribution in [0.3, 0.4) is 0 Å². The SMILES string of the molecule is Cc1ccc([N+](=O)[O-])cc1NC(=O)C(CC(=O)C(C)(C)C)=NNC(=O)c1ccccc1. The zero-order valence-corrected chi connectivity index (χ0v) is 17.8. The first kappa shape index (κ1) is 23.4. The molecule has 31 heavy (non-hydrogen) atoms. The van der Waals surface area contributed by atoms with Crippen molar-refractivity contribution in [1.29, 1.82) is 0 Å². The molecule has 0 radical (unpaired) electrons. The number of carbonyl (C=O) groups is 3. The minimum absolute atomic E-state index is 0.192. The van der Waals surface area contributed by atoms with Gasteiger partial charge >= 0.3 is 0 Å². The lowest BCUT2D eigenvalue weighted by Gasteiger charge is -2.17. The van der Waals surface area contributed by atoms with E-state index < -0.39 is 22.2 Å². The molecule has 9 nitrogen and oxygen atoms in total. The Hall–Kier alpha value is -3.88. The number of hydrogen-bond acceptors (Lipinski definition) is 6. The first-order valence-electron chi connectivity index (χ1n) is 9.50. The second kappa shape index (κ2) is 9.75. The quantitative estimate of drug-likeness (QED) is 0.398. The van der Waals surface area contributed by atoms with Crippen LogP contribution in [0.4, 0.5) is 11.4 Å². The lowest BCUT2D eigenvalue weighted by molar-refractivity contribution is -0.384. The van der Waals surface area contributed by atoms with Crippen LogP contribution < -0.4 is 10.7 Å². The molecule has 0 atom stereocenters. The van der Waals surface area contributed by atoms with Crippen LogP contribution in [-0.4, -0.2) is 28.2 Å². The van der Waals surface area contributed by atoms with Crippen LogP contribution >= 0.6 is 0 Å². The van der Waals surface area contributed by atoms with Gasteiger partial charge in [0.25, 0.3) is 17.5 Å². The maximum atomic E-state index is 12.8. The fraction of sp³-hybridized carbons (Fsp3) is 0.273. The zero-order valence-electron chi connectivity index (χ0n) is 17.8. The number of rotatable bonds is 7. The number of hydrazone groups is 1. The van der Waals surface area contributed by atoms with E-state index in [0.29, 0.717) is 11.1 Å². The summed E-state index contributed by atoms with van der Waals surface area (Å²) in [6, 6.07) is 12.3. The highest BCUT2D eigenvalue weighted by Crippen LogP contribution is 2.22. The number of amides is 2. The van der Waals surface area contributed by atoms with Crippen LogP contribution in [0.5, 0.6) is 0 Å². The lowest BCUT2D eigenvalue weighted by Crippen LogP contribution is -2.32. The molecule has 2 aromatic carbocycles. The summed E-state index contributed by atoms with van der Waals surface area (Å²) < 4.78 is 0. The molecule has 0 saturated heterocycles. The second-order valence-corrected chi connectivity index (χ2v) is 7.93. The summed E-state index contributed by atoms with van der Waals surface area (Å²) in [7, 11) is 0. The molecule has 0 aliphatic rings. The van der Waals surface area contributed by atoms with E-state index >= 15 is 0 Å². The number of carbonyl (C=O) groups excluding carboxylic acids is 3. The number of non-ortho nitro benzene ring substituents is 1. The van der Waals surface area contributed by atoms with Crippen LogP contribution in [0, 0.1) is 22.5 Å². The summed E-state index contributed by atoms with van der Waals surface area (Å²) >= 11 is 0. The van der Waals surface area contributed by atoms with E-state index in [0.717, 1.165) is 0 Å². The average molecular weight is 424 g/mol. The first-order valence-corrected chi connectivity index (χ1v) is 9.50. The molecule has 162 valence electrons. The topological polar surface area (TPSA) is 131 Å². The summed E-state index contributed by atoms with van der Waals surface area (Å²) in [5.41, 5.74) is 2.30. The Balaban J connectivity index is 2.30. The van der Waals surface area contributed by atoms with E-state index in [-0.39, 0.29) is 29.3 Å². The summed E-state index contributed by atoms with van der Waals surface area (Å²) in [5, 5.41) is 17.5. The third-order valence-electron chi connectivity index (χ3n) is 4.44. The summed E-state index contributed by atoms with van der Waals surface area (Å²) in [4.78, 5) is 48.1. The summed E-state index contributed by atoms with van der Waals surface area (Å²) in [6.07, 6.45) is -0.321. The van der Waals surface area contributed by atoms with Gasteiger partial charge in [0.1, 0.15) is 11.5 Å². The highest BCUT2D eigenvalue weighted by atomic mass is 16.6. The van der Waals surface area contributed by atoms with Gasteiger partial charge in [0.2, 0.25) is 0 Å². The maximum absolute atomic E-state index is 12.8. The number of Topliss-reactive ketones (excluding diaryl/α,β-unsaturated/α-hetero) is 1. The third-order valence-corrected chi connectivity index (χ3v) is 4.44. The van der Waals surface area contributed by atoms with Crippen LogP contribution in [0.15, 0.2) is 53.6 Å². The molecule has 9 heteroatoms. The molecule has 0 spiro atoms. The van der Waals surface area contributed by atoms with Gasteiger partial charge in [0, 0.05) is 23.1 Å². The molecule has 2 rings (SSSR count). The molecule has 0 aromatic heterocycles. The van der Waals surface area contributed by atoms with Crippen molar-refractivity contribution in [3.63, 3.8) is 0 Å². The van der Waals surface area contributed by atoms with Gasteiger partial charge in [-0.1, -0.05) is 45.0 Å². The van der Waals surface area contributed by atoms with E-state index in [1.54, 1.807) is 58.0 Å². The van der Waals surface area contributed by atoms with Crippen molar-refractivity contribution in [1.82, 2.24) is 5.43 Å². The molecule has 0 aliphatic carbocycles. The predicted octanol–water partition coefficient (Wildman–Crippen LogP) is 3.63. The summed E-state index contributed by atoms with van der Waals surface area (Å²) in [6.45, 7) is 6.79. The van der Waals surface area contributed by atoms with Crippen molar-refractivity contribution in [3.8, 4) is 0 Å². The second-order valence-electron chi connectivity index (χ2n) is 7.93. The molecule has 0 fully saturated rings. The Kier molecular flexibility index (Phi) is 7.36. The Morgan fingerprint density at radius 2 is 1.71 bits per heavy atom. The number of nitro benzene ring substituents is 1. The molecular weight excluding hydrogens is 400 g/mol. The molecule has 0 unspecified atom stereocenters. The van der Waals surface area contributed by atoms with E-state index in [1.165, 1.54) is 18.2 Å². The van der Waals surface area contributed by atoms with Crippen molar-refractivity contribution in [2.24, 2.45) is 10.5 Å². The smallest absolute Gasteiger partial charge is 0.272 e. The van der Waals surface area contributed by atoms with E-state index in [2.05, 4.69) is 15.8 Å². The van der Waals surface area contributed by atoms with Gasteiger partial charge < -0.3 is 5.32 Å². The molecule has 2 N–H and O–H groups in total. The standard InChI is InChI=1S/C22H24N4O5/c1-14-10-11-16(26(30)31)12-17(14)23-21(29)18(13-19(27)22(2,3)4)24-25-20(28)15-8-6-5-7-9-15/h5-12H,13H2,1-4H3,(H,23,29)(H,25,28). The number of ketones is 1.